The first kappa shape index (κ1) is 12.3. The third-order valence-electron chi connectivity index (χ3n) is 3.05. The molecular weight excluding hydrogens is 234 g/mol. The standard InChI is InChI=1S/C13H17NO2S/c15-13(16)11-2-1-3-12(8-11)14-9-10-4-6-17-7-5-10/h1-3,8,10,14H,4-7,9H2,(H,15,16). The van der Waals surface area contributed by atoms with E-state index in [-0.39, 0.29) is 0 Å². The SMILES string of the molecule is O=C(O)c1cccc(NCC2CCSCC2)c1. The molecule has 17 heavy (non-hydrogen) atoms. The van der Waals surface area contributed by atoms with Gasteiger partial charge in [-0.2, -0.15) is 11.8 Å². The van der Waals surface area contributed by atoms with E-state index >= 15 is 0 Å². The van der Waals surface area contributed by atoms with Crippen molar-refractivity contribution in [1.82, 2.24) is 0 Å². The molecule has 2 rings (SSSR count). The second-order valence-electron chi connectivity index (χ2n) is 4.32. The Morgan fingerprint density at radius 1 is 1.41 bits per heavy atom. The Bertz CT molecular complexity index is 389. The van der Waals surface area contributed by atoms with Crippen LogP contribution in [0.1, 0.15) is 23.2 Å². The van der Waals surface area contributed by atoms with Crippen molar-refractivity contribution in [1.29, 1.82) is 0 Å². The number of benzene rings is 1. The van der Waals surface area contributed by atoms with Crippen LogP contribution in [-0.4, -0.2) is 29.1 Å². The van der Waals surface area contributed by atoms with Gasteiger partial charge in [-0.05, 0) is 48.5 Å². The Balaban J connectivity index is 1.89. The van der Waals surface area contributed by atoms with E-state index in [0.717, 1.165) is 18.2 Å². The zero-order valence-corrected chi connectivity index (χ0v) is 10.5. The number of hydrogen-bond acceptors (Lipinski definition) is 3. The summed E-state index contributed by atoms with van der Waals surface area (Å²) in [6.45, 7) is 0.948. The van der Waals surface area contributed by atoms with Crippen LogP contribution in [0.25, 0.3) is 0 Å². The molecule has 1 saturated heterocycles. The fourth-order valence-electron chi connectivity index (χ4n) is 1.97. The number of rotatable bonds is 4. The molecule has 1 aliphatic rings. The van der Waals surface area contributed by atoms with Crippen molar-refractivity contribution < 1.29 is 9.90 Å². The lowest BCUT2D eigenvalue weighted by Gasteiger charge is -2.22. The average Bonchev–Trinajstić information content (AvgIpc) is 2.38. The van der Waals surface area contributed by atoms with E-state index in [9.17, 15) is 4.79 Å². The molecule has 3 nitrogen and oxygen atoms in total. The van der Waals surface area contributed by atoms with E-state index in [2.05, 4.69) is 5.32 Å². The van der Waals surface area contributed by atoms with Crippen molar-refractivity contribution >= 4 is 23.4 Å². The number of thioether (sulfide) groups is 1. The van der Waals surface area contributed by atoms with Gasteiger partial charge in [0.25, 0.3) is 0 Å². The fourth-order valence-corrected chi connectivity index (χ4v) is 3.18. The Labute approximate surface area is 106 Å². The molecule has 0 atom stereocenters. The normalized spacial score (nSPS) is 16.7. The van der Waals surface area contributed by atoms with E-state index < -0.39 is 5.97 Å². The lowest BCUT2D eigenvalue weighted by atomic mass is 10.0. The maximum Gasteiger partial charge on any atom is 0.335 e. The van der Waals surface area contributed by atoms with Crippen LogP contribution in [0.5, 0.6) is 0 Å². The van der Waals surface area contributed by atoms with Crippen LogP contribution in [0, 0.1) is 5.92 Å². The minimum Gasteiger partial charge on any atom is -0.478 e. The number of carboxylic acid groups (broad SMARTS) is 1. The predicted molar refractivity (Wildman–Crippen MR) is 71.9 cm³/mol. The van der Waals surface area contributed by atoms with Gasteiger partial charge in [0.2, 0.25) is 0 Å². The molecule has 0 unspecified atom stereocenters. The van der Waals surface area contributed by atoms with Gasteiger partial charge in [-0.25, -0.2) is 4.79 Å². The summed E-state index contributed by atoms with van der Waals surface area (Å²) in [6.07, 6.45) is 2.52. The van der Waals surface area contributed by atoms with Gasteiger partial charge < -0.3 is 10.4 Å². The molecule has 0 radical (unpaired) electrons. The van der Waals surface area contributed by atoms with Crippen molar-refractivity contribution in [3.05, 3.63) is 29.8 Å². The van der Waals surface area contributed by atoms with Gasteiger partial charge in [-0.15, -0.1) is 0 Å². The first-order valence-electron chi connectivity index (χ1n) is 5.90. The highest BCUT2D eigenvalue weighted by Crippen LogP contribution is 2.23. The van der Waals surface area contributed by atoms with Crippen molar-refractivity contribution in [2.45, 2.75) is 12.8 Å². The second-order valence-corrected chi connectivity index (χ2v) is 5.55. The van der Waals surface area contributed by atoms with E-state index in [1.165, 1.54) is 24.3 Å². The number of anilines is 1. The minimum absolute atomic E-state index is 0.342. The molecular formula is C13H17NO2S. The summed E-state index contributed by atoms with van der Waals surface area (Å²) in [4.78, 5) is 10.8. The van der Waals surface area contributed by atoms with Crippen molar-refractivity contribution in [3.63, 3.8) is 0 Å². The third-order valence-corrected chi connectivity index (χ3v) is 4.09. The topological polar surface area (TPSA) is 49.3 Å². The lowest BCUT2D eigenvalue weighted by Crippen LogP contribution is -2.19. The summed E-state index contributed by atoms with van der Waals surface area (Å²) in [5.41, 5.74) is 1.25. The Kier molecular flexibility index (Phi) is 4.31. The molecule has 2 N–H and O–H groups in total. The first-order chi connectivity index (χ1) is 8.25. The van der Waals surface area contributed by atoms with Gasteiger partial charge in [-0.1, -0.05) is 6.07 Å². The van der Waals surface area contributed by atoms with Gasteiger partial charge in [0.15, 0.2) is 0 Å². The fraction of sp³-hybridized carbons (Fsp3) is 0.462. The Hall–Kier alpha value is -1.16. The molecule has 1 aromatic carbocycles. The highest BCUT2D eigenvalue weighted by atomic mass is 32.2. The van der Waals surface area contributed by atoms with Crippen LogP contribution in [0.15, 0.2) is 24.3 Å². The molecule has 1 aliphatic heterocycles. The highest BCUT2D eigenvalue weighted by molar-refractivity contribution is 7.99. The summed E-state index contributed by atoms with van der Waals surface area (Å²) in [6, 6.07) is 7.01. The molecule has 0 aliphatic carbocycles. The molecule has 92 valence electrons. The smallest absolute Gasteiger partial charge is 0.335 e. The van der Waals surface area contributed by atoms with Crippen LogP contribution in [0.2, 0.25) is 0 Å². The molecule has 0 amide bonds. The third kappa shape index (κ3) is 3.66. The summed E-state index contributed by atoms with van der Waals surface area (Å²) in [7, 11) is 0. The van der Waals surface area contributed by atoms with E-state index in [0.29, 0.717) is 5.56 Å². The van der Waals surface area contributed by atoms with Gasteiger partial charge in [0.1, 0.15) is 0 Å². The Morgan fingerprint density at radius 3 is 2.88 bits per heavy atom. The van der Waals surface area contributed by atoms with Crippen LogP contribution < -0.4 is 5.32 Å². The van der Waals surface area contributed by atoms with Gasteiger partial charge in [0, 0.05) is 12.2 Å². The second kappa shape index (κ2) is 5.96. The lowest BCUT2D eigenvalue weighted by molar-refractivity contribution is 0.0697. The minimum atomic E-state index is -0.872. The molecule has 0 spiro atoms. The number of nitrogens with one attached hydrogen (secondary N) is 1. The number of carbonyl (C=O) groups is 1. The number of hydrogen-bond donors (Lipinski definition) is 2. The quantitative estimate of drug-likeness (QED) is 0.864. The van der Waals surface area contributed by atoms with Gasteiger partial charge in [-0.3, -0.25) is 0 Å². The number of carboxylic acids is 1. The van der Waals surface area contributed by atoms with Crippen LogP contribution in [-0.2, 0) is 0 Å². The van der Waals surface area contributed by atoms with Gasteiger partial charge in [0.05, 0.1) is 5.56 Å². The summed E-state index contributed by atoms with van der Waals surface area (Å²) < 4.78 is 0. The Morgan fingerprint density at radius 2 is 2.18 bits per heavy atom. The van der Waals surface area contributed by atoms with Crippen LogP contribution in [0.4, 0.5) is 5.69 Å². The van der Waals surface area contributed by atoms with E-state index in [1.54, 1.807) is 18.2 Å². The molecule has 1 heterocycles. The molecule has 0 saturated carbocycles. The summed E-state index contributed by atoms with van der Waals surface area (Å²) >= 11 is 2.02. The molecule has 0 aromatic heterocycles. The highest BCUT2D eigenvalue weighted by Gasteiger charge is 2.13. The van der Waals surface area contributed by atoms with Crippen LogP contribution >= 0.6 is 11.8 Å². The summed E-state index contributed by atoms with van der Waals surface area (Å²) in [5, 5.41) is 12.2. The molecule has 0 bridgehead atoms. The largest absolute Gasteiger partial charge is 0.478 e. The zero-order chi connectivity index (χ0) is 12.1. The molecule has 1 aromatic rings. The summed E-state index contributed by atoms with van der Waals surface area (Å²) in [5.74, 6) is 2.36. The first-order valence-corrected chi connectivity index (χ1v) is 7.06. The van der Waals surface area contributed by atoms with E-state index in [1.807, 2.05) is 17.8 Å². The van der Waals surface area contributed by atoms with Gasteiger partial charge >= 0.3 is 5.97 Å². The van der Waals surface area contributed by atoms with Crippen molar-refractivity contribution in [3.8, 4) is 0 Å². The van der Waals surface area contributed by atoms with Crippen molar-refractivity contribution in [2.75, 3.05) is 23.4 Å². The molecule has 4 heteroatoms. The van der Waals surface area contributed by atoms with Crippen LogP contribution in [0.3, 0.4) is 0 Å². The predicted octanol–water partition coefficient (Wildman–Crippen LogP) is 2.94. The van der Waals surface area contributed by atoms with Crippen molar-refractivity contribution in [2.24, 2.45) is 5.92 Å². The zero-order valence-electron chi connectivity index (χ0n) is 9.69. The monoisotopic (exact) mass is 251 g/mol. The number of aromatic carboxylic acids is 1. The maximum atomic E-state index is 10.8. The van der Waals surface area contributed by atoms with E-state index in [4.69, 9.17) is 5.11 Å². The molecule has 1 fully saturated rings. The maximum absolute atomic E-state index is 10.8. The average molecular weight is 251 g/mol.